The molecule has 2 N–H and O–H groups in total. The number of nitrogens with one attached hydrogen (secondary N) is 2. The summed E-state index contributed by atoms with van der Waals surface area (Å²) in [5.41, 5.74) is 1.18. The summed E-state index contributed by atoms with van der Waals surface area (Å²) in [5.74, 6) is -2.72. The molecular weight excluding hydrogens is 584 g/mol. The summed E-state index contributed by atoms with van der Waals surface area (Å²) in [7, 11) is 0. The number of amides is 3. The van der Waals surface area contributed by atoms with Crippen molar-refractivity contribution in [3.05, 3.63) is 106 Å². The minimum absolute atomic E-state index is 0.147. The summed E-state index contributed by atoms with van der Waals surface area (Å²) in [6.45, 7) is 5.47. The van der Waals surface area contributed by atoms with Crippen molar-refractivity contribution >= 4 is 33.8 Å². The van der Waals surface area contributed by atoms with Crippen molar-refractivity contribution in [2.24, 2.45) is 0 Å². The number of nitrogens with zero attached hydrogens (tertiary/aromatic N) is 1. The summed E-state index contributed by atoms with van der Waals surface area (Å²) in [6, 6.07) is 16.7. The van der Waals surface area contributed by atoms with Gasteiger partial charge in [0.15, 0.2) is 0 Å². The van der Waals surface area contributed by atoms with Crippen LogP contribution in [-0.4, -0.2) is 41.0 Å². The fraction of sp³-hybridized carbons (Fsp3) is 0.300. The number of hydrogen-bond acceptors (Lipinski definition) is 4. The molecule has 3 amide bonds. The van der Waals surface area contributed by atoms with E-state index in [1.54, 1.807) is 25.7 Å². The molecule has 0 spiro atoms. The number of halogens is 3. The van der Waals surface area contributed by atoms with Crippen LogP contribution in [0.3, 0.4) is 0 Å². The van der Waals surface area contributed by atoms with Crippen LogP contribution in [0.25, 0.3) is 0 Å². The molecule has 3 aromatic rings. The summed E-state index contributed by atoms with van der Waals surface area (Å²) in [4.78, 5) is 40.6. The quantitative estimate of drug-likeness (QED) is 0.356. The minimum atomic E-state index is -0.922. The SMILES string of the molecule is CC(C)(C)OC(=O)N1CC(NC(=O)C(=O)NC(c2ccc(F)cc2)c2ccc(F)cc2)CC1c1ccc(Br)cc1. The van der Waals surface area contributed by atoms with E-state index >= 15 is 0 Å². The van der Waals surface area contributed by atoms with E-state index in [4.69, 9.17) is 4.74 Å². The number of carbonyl (C=O) groups excluding carboxylic acids is 3. The van der Waals surface area contributed by atoms with Gasteiger partial charge in [0.2, 0.25) is 0 Å². The van der Waals surface area contributed by atoms with Gasteiger partial charge in [-0.2, -0.15) is 0 Å². The molecule has 1 fully saturated rings. The van der Waals surface area contributed by atoms with Crippen LogP contribution >= 0.6 is 15.9 Å². The Morgan fingerprint density at radius 3 is 1.90 bits per heavy atom. The van der Waals surface area contributed by atoms with E-state index in [0.717, 1.165) is 10.0 Å². The van der Waals surface area contributed by atoms with Gasteiger partial charge in [-0.1, -0.05) is 52.3 Å². The summed E-state index contributed by atoms with van der Waals surface area (Å²) >= 11 is 3.41. The predicted octanol–water partition coefficient (Wildman–Crippen LogP) is 5.80. The van der Waals surface area contributed by atoms with Crippen molar-refractivity contribution in [1.29, 1.82) is 0 Å². The molecule has 1 heterocycles. The van der Waals surface area contributed by atoms with Crippen LogP contribution in [0.2, 0.25) is 0 Å². The second kappa shape index (κ2) is 12.2. The Kier molecular flexibility index (Phi) is 8.88. The molecule has 0 radical (unpaired) electrons. The van der Waals surface area contributed by atoms with Gasteiger partial charge in [0.05, 0.1) is 12.1 Å². The Hall–Kier alpha value is -3.79. The van der Waals surface area contributed by atoms with Gasteiger partial charge in [-0.05, 0) is 80.3 Å². The van der Waals surface area contributed by atoms with Gasteiger partial charge in [-0.25, -0.2) is 13.6 Å². The third-order valence-corrected chi connectivity index (χ3v) is 6.94. The average Bonchev–Trinajstić information content (AvgIpc) is 3.32. The molecule has 0 aromatic heterocycles. The molecule has 0 aliphatic carbocycles. The molecule has 40 heavy (non-hydrogen) atoms. The lowest BCUT2D eigenvalue weighted by atomic mass is 9.98. The number of rotatable bonds is 5. The van der Waals surface area contributed by atoms with E-state index in [9.17, 15) is 23.2 Å². The first kappa shape index (κ1) is 29.2. The van der Waals surface area contributed by atoms with E-state index in [0.29, 0.717) is 17.5 Å². The van der Waals surface area contributed by atoms with Crippen LogP contribution < -0.4 is 10.6 Å². The standard InChI is InChI=1S/C30H30BrF2N3O4/c1-30(2,3)40-29(39)36-17-24(16-25(36)18-4-10-21(31)11-5-18)34-27(37)28(38)35-26(19-6-12-22(32)13-7-19)20-8-14-23(33)15-9-20/h4-15,24-26H,16-17H2,1-3H3,(H,34,37)(H,35,38). The highest BCUT2D eigenvalue weighted by Crippen LogP contribution is 2.34. The molecule has 7 nitrogen and oxygen atoms in total. The molecule has 1 aliphatic heterocycles. The second-order valence-corrected chi connectivity index (χ2v) is 11.5. The van der Waals surface area contributed by atoms with Crippen molar-refractivity contribution in [1.82, 2.24) is 15.5 Å². The lowest BCUT2D eigenvalue weighted by Gasteiger charge is -2.28. The van der Waals surface area contributed by atoms with Crippen molar-refractivity contribution in [3.63, 3.8) is 0 Å². The molecule has 0 saturated carbocycles. The van der Waals surface area contributed by atoms with E-state index in [-0.39, 0.29) is 12.6 Å². The lowest BCUT2D eigenvalue weighted by Crippen LogP contribution is -2.47. The third-order valence-electron chi connectivity index (χ3n) is 6.41. The van der Waals surface area contributed by atoms with Gasteiger partial charge in [0, 0.05) is 17.1 Å². The number of hydrogen-bond donors (Lipinski definition) is 2. The van der Waals surface area contributed by atoms with Gasteiger partial charge in [0.1, 0.15) is 17.2 Å². The molecule has 0 bridgehead atoms. The predicted molar refractivity (Wildman–Crippen MR) is 149 cm³/mol. The molecular formula is C30H30BrF2N3O4. The Bertz CT molecular complexity index is 1310. The van der Waals surface area contributed by atoms with E-state index in [1.807, 2.05) is 24.3 Å². The van der Waals surface area contributed by atoms with Crippen molar-refractivity contribution in [3.8, 4) is 0 Å². The Morgan fingerprint density at radius 2 is 1.40 bits per heavy atom. The van der Waals surface area contributed by atoms with Crippen molar-refractivity contribution < 1.29 is 27.9 Å². The van der Waals surface area contributed by atoms with E-state index in [2.05, 4.69) is 26.6 Å². The molecule has 2 unspecified atom stereocenters. The van der Waals surface area contributed by atoms with Gasteiger partial charge < -0.3 is 15.4 Å². The topological polar surface area (TPSA) is 87.7 Å². The molecule has 10 heteroatoms. The van der Waals surface area contributed by atoms with Crippen molar-refractivity contribution in [2.75, 3.05) is 6.54 Å². The van der Waals surface area contributed by atoms with Gasteiger partial charge >= 0.3 is 17.9 Å². The number of ether oxygens (including phenoxy) is 1. The second-order valence-electron chi connectivity index (χ2n) is 10.6. The zero-order valence-electron chi connectivity index (χ0n) is 22.3. The maximum Gasteiger partial charge on any atom is 0.410 e. The van der Waals surface area contributed by atoms with Crippen LogP contribution in [-0.2, 0) is 14.3 Å². The highest BCUT2D eigenvalue weighted by molar-refractivity contribution is 9.10. The van der Waals surface area contributed by atoms with Crippen LogP contribution in [0.1, 0.15) is 56.0 Å². The molecule has 3 aromatic carbocycles. The maximum atomic E-state index is 13.5. The van der Waals surface area contributed by atoms with Gasteiger partial charge in [-0.15, -0.1) is 0 Å². The zero-order valence-corrected chi connectivity index (χ0v) is 23.9. The van der Waals surface area contributed by atoms with E-state index in [1.165, 1.54) is 48.5 Å². The minimum Gasteiger partial charge on any atom is -0.444 e. The fourth-order valence-electron chi connectivity index (χ4n) is 4.58. The summed E-state index contributed by atoms with van der Waals surface area (Å²) in [6.07, 6.45) is -0.145. The van der Waals surface area contributed by atoms with Gasteiger partial charge in [-0.3, -0.25) is 14.5 Å². The first-order valence-electron chi connectivity index (χ1n) is 12.8. The zero-order chi connectivity index (χ0) is 29.0. The Morgan fingerprint density at radius 1 is 0.875 bits per heavy atom. The Labute approximate surface area is 240 Å². The van der Waals surface area contributed by atoms with Crippen LogP contribution in [0, 0.1) is 11.6 Å². The summed E-state index contributed by atoms with van der Waals surface area (Å²) in [5, 5.41) is 5.40. The number of benzene rings is 3. The molecule has 1 aliphatic rings. The molecule has 210 valence electrons. The van der Waals surface area contributed by atoms with Crippen molar-refractivity contribution in [2.45, 2.75) is 50.9 Å². The Balaban J connectivity index is 1.50. The highest BCUT2D eigenvalue weighted by Gasteiger charge is 2.39. The first-order valence-corrected chi connectivity index (χ1v) is 13.6. The normalized spacial score (nSPS) is 17.0. The average molecular weight is 614 g/mol. The highest BCUT2D eigenvalue weighted by atomic mass is 79.9. The van der Waals surface area contributed by atoms with Gasteiger partial charge in [0.25, 0.3) is 0 Å². The van der Waals surface area contributed by atoms with Crippen LogP contribution in [0.15, 0.2) is 77.3 Å². The van der Waals surface area contributed by atoms with E-state index < -0.39 is 47.2 Å². The molecule has 1 saturated heterocycles. The lowest BCUT2D eigenvalue weighted by molar-refractivity contribution is -0.139. The first-order chi connectivity index (χ1) is 18.9. The number of carbonyl (C=O) groups is 3. The smallest absolute Gasteiger partial charge is 0.410 e. The third kappa shape index (κ3) is 7.44. The summed E-state index contributed by atoms with van der Waals surface area (Å²) < 4.78 is 33.6. The fourth-order valence-corrected chi connectivity index (χ4v) is 4.85. The monoisotopic (exact) mass is 613 g/mol. The van der Waals surface area contributed by atoms with Crippen LogP contribution in [0.5, 0.6) is 0 Å². The number of likely N-dealkylation sites (tertiary alicyclic amines) is 1. The largest absolute Gasteiger partial charge is 0.444 e. The van der Waals surface area contributed by atoms with Crippen LogP contribution in [0.4, 0.5) is 13.6 Å². The maximum absolute atomic E-state index is 13.5. The molecule has 2 atom stereocenters. The molecule has 4 rings (SSSR count).